The zero-order valence-electron chi connectivity index (χ0n) is 11.2. The summed E-state index contributed by atoms with van der Waals surface area (Å²) in [6.07, 6.45) is 0. The highest BCUT2D eigenvalue weighted by molar-refractivity contribution is 9.10. The Hall–Kier alpha value is -0.510. The number of aromatic nitrogens is 1. The lowest BCUT2D eigenvalue weighted by molar-refractivity contribution is 0.591. The molecule has 0 amide bonds. The van der Waals surface area contributed by atoms with E-state index in [9.17, 15) is 0 Å². The van der Waals surface area contributed by atoms with E-state index >= 15 is 0 Å². The van der Waals surface area contributed by atoms with E-state index < -0.39 is 0 Å². The van der Waals surface area contributed by atoms with Crippen LogP contribution in [-0.4, -0.2) is 12.0 Å². The van der Waals surface area contributed by atoms with Gasteiger partial charge in [-0.15, -0.1) is 0 Å². The third kappa shape index (κ3) is 2.69. The van der Waals surface area contributed by atoms with Crippen molar-refractivity contribution in [2.45, 2.75) is 26.2 Å². The van der Waals surface area contributed by atoms with Crippen LogP contribution >= 0.6 is 39.1 Å². The molecule has 0 radical (unpaired) electrons. The highest BCUT2D eigenvalue weighted by Gasteiger charge is 2.21. The molecule has 0 bridgehead atoms. The molecule has 2 aromatic rings. The van der Waals surface area contributed by atoms with E-state index in [0.29, 0.717) is 15.6 Å². The molecule has 1 aromatic carbocycles. The van der Waals surface area contributed by atoms with Crippen LogP contribution in [0.15, 0.2) is 16.6 Å². The van der Waals surface area contributed by atoms with E-state index in [1.165, 1.54) is 0 Å². The second-order valence-electron chi connectivity index (χ2n) is 5.44. The minimum absolute atomic E-state index is 0.00186. The zero-order valence-corrected chi connectivity index (χ0v) is 14.3. The van der Waals surface area contributed by atoms with E-state index in [2.05, 4.69) is 53.1 Å². The quantitative estimate of drug-likeness (QED) is 0.664. The van der Waals surface area contributed by atoms with Crippen molar-refractivity contribution < 1.29 is 0 Å². The smallest absolute Gasteiger partial charge is 0.130 e. The number of nitrogens with one attached hydrogen (secondary N) is 1. The van der Waals surface area contributed by atoms with Crippen LogP contribution in [0.5, 0.6) is 0 Å². The molecule has 0 fully saturated rings. The molecule has 1 aromatic heterocycles. The molecule has 0 saturated heterocycles. The molecule has 0 unspecified atom stereocenters. The lowest BCUT2D eigenvalue weighted by Gasteiger charge is -2.23. The summed E-state index contributed by atoms with van der Waals surface area (Å²) in [6.45, 7) is 6.47. The van der Waals surface area contributed by atoms with Gasteiger partial charge in [0.25, 0.3) is 0 Å². The molecular formula is C14H15BrCl2N2. The highest BCUT2D eigenvalue weighted by Crippen LogP contribution is 2.39. The van der Waals surface area contributed by atoms with Crippen molar-refractivity contribution in [2.75, 3.05) is 12.4 Å². The average molecular weight is 362 g/mol. The molecule has 2 nitrogen and oxygen atoms in total. The van der Waals surface area contributed by atoms with Crippen LogP contribution in [0.4, 0.5) is 5.82 Å². The molecule has 0 aliphatic carbocycles. The summed E-state index contributed by atoms with van der Waals surface area (Å²) in [5, 5.41) is 5.08. The van der Waals surface area contributed by atoms with Gasteiger partial charge in [-0.3, -0.25) is 0 Å². The van der Waals surface area contributed by atoms with E-state index in [4.69, 9.17) is 23.2 Å². The molecule has 19 heavy (non-hydrogen) atoms. The van der Waals surface area contributed by atoms with Crippen molar-refractivity contribution in [2.24, 2.45) is 0 Å². The Kier molecular flexibility index (Phi) is 4.01. The second kappa shape index (κ2) is 5.12. The maximum atomic E-state index is 6.27. The molecule has 0 atom stereocenters. The van der Waals surface area contributed by atoms with Gasteiger partial charge in [0.05, 0.1) is 15.6 Å². The largest absolute Gasteiger partial charge is 0.373 e. The Morgan fingerprint density at radius 2 is 1.79 bits per heavy atom. The Morgan fingerprint density at radius 1 is 1.16 bits per heavy atom. The first-order valence-corrected chi connectivity index (χ1v) is 7.47. The summed E-state index contributed by atoms with van der Waals surface area (Å²) in [7, 11) is 1.86. The minimum Gasteiger partial charge on any atom is -0.373 e. The third-order valence-corrected chi connectivity index (χ3v) is 4.70. The highest BCUT2D eigenvalue weighted by atomic mass is 79.9. The standard InChI is InChI=1S/C14H15BrCl2N2/c1-14(2,3)8-5-7-6-9(15)10(16)11(17)12(7)19-13(8)18-4/h5-6H,1-4H3,(H,18,19). The molecule has 102 valence electrons. The van der Waals surface area contributed by atoms with Crippen molar-refractivity contribution in [1.29, 1.82) is 0 Å². The van der Waals surface area contributed by atoms with Gasteiger partial charge in [0.15, 0.2) is 0 Å². The molecule has 1 heterocycles. The predicted molar refractivity (Wildman–Crippen MR) is 87.7 cm³/mol. The van der Waals surface area contributed by atoms with Gasteiger partial charge < -0.3 is 5.32 Å². The summed E-state index contributed by atoms with van der Waals surface area (Å²) >= 11 is 15.8. The van der Waals surface area contributed by atoms with Crippen LogP contribution in [-0.2, 0) is 5.41 Å². The van der Waals surface area contributed by atoms with Crippen LogP contribution in [0.3, 0.4) is 0 Å². The summed E-state index contributed by atoms with van der Waals surface area (Å²) < 4.78 is 0.783. The van der Waals surface area contributed by atoms with Crippen molar-refractivity contribution in [3.8, 4) is 0 Å². The first-order valence-electron chi connectivity index (χ1n) is 5.92. The van der Waals surface area contributed by atoms with Crippen molar-refractivity contribution >= 4 is 55.9 Å². The zero-order chi connectivity index (χ0) is 14.4. The topological polar surface area (TPSA) is 24.9 Å². The van der Waals surface area contributed by atoms with Gasteiger partial charge in [0.2, 0.25) is 0 Å². The summed E-state index contributed by atoms with van der Waals surface area (Å²) in [6, 6.07) is 4.06. The van der Waals surface area contributed by atoms with Crippen LogP contribution in [0.25, 0.3) is 10.9 Å². The average Bonchev–Trinajstić information content (AvgIpc) is 2.34. The first-order chi connectivity index (χ1) is 8.75. The summed E-state index contributed by atoms with van der Waals surface area (Å²) in [5.41, 5.74) is 1.86. The molecule has 5 heteroatoms. The predicted octanol–water partition coefficient (Wildman–Crippen LogP) is 5.64. The van der Waals surface area contributed by atoms with Crippen LogP contribution in [0.2, 0.25) is 10.0 Å². The lowest BCUT2D eigenvalue weighted by Crippen LogP contribution is -2.15. The van der Waals surface area contributed by atoms with E-state index in [1.807, 2.05) is 13.1 Å². The van der Waals surface area contributed by atoms with Gasteiger partial charge in [-0.2, -0.15) is 0 Å². The summed E-state index contributed by atoms with van der Waals surface area (Å²) in [5.74, 6) is 0.834. The Labute approximate surface area is 131 Å². The molecule has 0 aliphatic heterocycles. The van der Waals surface area contributed by atoms with Crippen molar-refractivity contribution in [3.63, 3.8) is 0 Å². The number of halogens is 3. The molecule has 0 aliphatic rings. The van der Waals surface area contributed by atoms with Crippen molar-refractivity contribution in [3.05, 3.63) is 32.2 Å². The molecule has 0 saturated carbocycles. The number of pyridine rings is 1. The first kappa shape index (κ1) is 14.9. The third-order valence-electron chi connectivity index (χ3n) is 2.99. The number of hydrogen-bond donors (Lipinski definition) is 1. The van der Waals surface area contributed by atoms with E-state index in [-0.39, 0.29) is 5.41 Å². The lowest BCUT2D eigenvalue weighted by atomic mass is 9.86. The maximum absolute atomic E-state index is 6.27. The number of hydrogen-bond acceptors (Lipinski definition) is 2. The molecular weight excluding hydrogens is 347 g/mol. The van der Waals surface area contributed by atoms with Crippen LogP contribution < -0.4 is 5.32 Å². The fourth-order valence-corrected chi connectivity index (χ4v) is 2.94. The fourth-order valence-electron chi connectivity index (χ4n) is 1.99. The van der Waals surface area contributed by atoms with Gasteiger partial charge in [-0.05, 0) is 33.5 Å². The number of rotatable bonds is 1. The monoisotopic (exact) mass is 360 g/mol. The van der Waals surface area contributed by atoms with Gasteiger partial charge in [-0.25, -0.2) is 4.98 Å². The van der Waals surface area contributed by atoms with Gasteiger partial charge >= 0.3 is 0 Å². The van der Waals surface area contributed by atoms with Crippen LogP contribution in [0, 0.1) is 0 Å². The minimum atomic E-state index is -0.00186. The van der Waals surface area contributed by atoms with Crippen molar-refractivity contribution in [1.82, 2.24) is 4.98 Å². The SMILES string of the molecule is CNc1nc2c(Cl)c(Cl)c(Br)cc2cc1C(C)(C)C. The van der Waals surface area contributed by atoms with Gasteiger partial charge in [0, 0.05) is 22.5 Å². The Bertz CT molecular complexity index is 648. The molecule has 0 spiro atoms. The number of anilines is 1. The van der Waals surface area contributed by atoms with Gasteiger partial charge in [-0.1, -0.05) is 44.0 Å². The molecule has 1 N–H and O–H groups in total. The molecule has 2 rings (SSSR count). The van der Waals surface area contributed by atoms with E-state index in [0.717, 1.165) is 21.2 Å². The van der Waals surface area contributed by atoms with Crippen LogP contribution in [0.1, 0.15) is 26.3 Å². The number of benzene rings is 1. The second-order valence-corrected chi connectivity index (χ2v) is 7.05. The Balaban J connectivity index is 2.86. The Morgan fingerprint density at radius 3 is 2.32 bits per heavy atom. The van der Waals surface area contributed by atoms with E-state index in [1.54, 1.807) is 0 Å². The summed E-state index contributed by atoms with van der Waals surface area (Å²) in [4.78, 5) is 4.61. The number of fused-ring (bicyclic) bond motifs is 1. The maximum Gasteiger partial charge on any atom is 0.130 e. The fraction of sp³-hybridized carbons (Fsp3) is 0.357. The normalized spacial score (nSPS) is 11.9. The number of nitrogens with zero attached hydrogens (tertiary/aromatic N) is 1. The van der Waals surface area contributed by atoms with Gasteiger partial charge in [0.1, 0.15) is 5.82 Å².